The Morgan fingerprint density at radius 2 is 1.72 bits per heavy atom. The lowest BCUT2D eigenvalue weighted by molar-refractivity contribution is -0.141. The number of carbonyl (C=O) groups excluding carboxylic acids is 1. The number of thioether (sulfide) groups is 1. The molecule has 4 unspecified atom stereocenters. The van der Waals surface area contributed by atoms with Crippen molar-refractivity contribution in [2.75, 3.05) is 18.8 Å². The highest BCUT2D eigenvalue weighted by molar-refractivity contribution is 8.00. The maximum atomic E-state index is 12.4. The number of carboxylic acid groups (broad SMARTS) is 1. The lowest BCUT2D eigenvalue weighted by Crippen LogP contribution is -2.50. The first-order valence-electron chi connectivity index (χ1n) is 6.33. The van der Waals surface area contributed by atoms with Crippen LogP contribution in [0.1, 0.15) is 20.8 Å². The minimum atomic E-state index is -0.902. The number of hydrogen-bond donors (Lipinski definition) is 1. The van der Waals surface area contributed by atoms with Crippen LogP contribution in [0.5, 0.6) is 0 Å². The van der Waals surface area contributed by atoms with Crippen molar-refractivity contribution in [2.24, 2.45) is 11.8 Å². The monoisotopic (exact) mass is 272 g/mol. The topological polar surface area (TPSA) is 60.9 Å². The van der Waals surface area contributed by atoms with E-state index in [-0.39, 0.29) is 11.4 Å². The van der Waals surface area contributed by atoms with Crippen LogP contribution < -0.4 is 0 Å². The zero-order chi connectivity index (χ0) is 13.4. The van der Waals surface area contributed by atoms with Gasteiger partial charge in [-0.2, -0.15) is 0 Å². The van der Waals surface area contributed by atoms with Gasteiger partial charge < -0.3 is 10.0 Å². The van der Waals surface area contributed by atoms with Crippen LogP contribution in [-0.2, 0) is 4.79 Å². The molecule has 0 aliphatic carbocycles. The van der Waals surface area contributed by atoms with Crippen LogP contribution in [0.3, 0.4) is 0 Å². The van der Waals surface area contributed by atoms with Crippen LogP contribution in [-0.4, -0.2) is 57.2 Å². The second-order valence-electron chi connectivity index (χ2n) is 5.34. The Morgan fingerprint density at radius 3 is 2.22 bits per heavy atom. The number of aliphatic carboxylic acids is 1. The lowest BCUT2D eigenvalue weighted by atomic mass is 10.0. The average Bonchev–Trinajstić information content (AvgIpc) is 2.83. The minimum absolute atomic E-state index is 0.0511. The summed E-state index contributed by atoms with van der Waals surface area (Å²) in [5, 5.41) is 9.12. The number of urea groups is 1. The van der Waals surface area contributed by atoms with Gasteiger partial charge in [0.1, 0.15) is 6.04 Å². The Hall–Kier alpha value is -0.910. The standard InChI is InChI=1S/C12H20N2O3S/c1-7-4-13(5-8(7)2)12(17)14-9(3)18-6-10(14)11(15)16/h7-10H,4-6H2,1-3H3,(H,15,16). The molecule has 2 fully saturated rings. The third kappa shape index (κ3) is 2.30. The van der Waals surface area contributed by atoms with Crippen molar-refractivity contribution in [2.45, 2.75) is 32.2 Å². The van der Waals surface area contributed by atoms with Crippen LogP contribution >= 0.6 is 11.8 Å². The first kappa shape index (κ1) is 13.5. The molecule has 2 saturated heterocycles. The van der Waals surface area contributed by atoms with Gasteiger partial charge in [-0.15, -0.1) is 11.8 Å². The zero-order valence-corrected chi connectivity index (χ0v) is 11.8. The molecule has 0 saturated carbocycles. The van der Waals surface area contributed by atoms with E-state index < -0.39 is 12.0 Å². The highest BCUT2D eigenvalue weighted by atomic mass is 32.2. The van der Waals surface area contributed by atoms with E-state index in [1.54, 1.807) is 4.90 Å². The highest BCUT2D eigenvalue weighted by Crippen LogP contribution is 2.32. The quantitative estimate of drug-likeness (QED) is 0.786. The number of rotatable bonds is 1. The first-order valence-corrected chi connectivity index (χ1v) is 7.38. The Balaban J connectivity index is 2.10. The van der Waals surface area contributed by atoms with Crippen molar-refractivity contribution in [1.82, 2.24) is 9.80 Å². The molecule has 0 radical (unpaired) electrons. The molecule has 0 aromatic heterocycles. The van der Waals surface area contributed by atoms with E-state index in [0.29, 0.717) is 17.6 Å². The third-order valence-electron chi connectivity index (χ3n) is 3.99. The van der Waals surface area contributed by atoms with E-state index in [0.717, 1.165) is 13.1 Å². The van der Waals surface area contributed by atoms with Gasteiger partial charge >= 0.3 is 12.0 Å². The summed E-state index contributed by atoms with van der Waals surface area (Å²) in [6, 6.07) is -0.792. The SMILES string of the molecule is CC1CN(C(=O)N2C(C)SCC2C(=O)O)CC1C. The molecule has 2 amide bonds. The fourth-order valence-electron chi connectivity index (χ4n) is 2.57. The van der Waals surface area contributed by atoms with Gasteiger partial charge in [-0.1, -0.05) is 13.8 Å². The van der Waals surface area contributed by atoms with Gasteiger partial charge in [-0.25, -0.2) is 9.59 Å². The zero-order valence-electron chi connectivity index (χ0n) is 11.0. The smallest absolute Gasteiger partial charge is 0.327 e. The van der Waals surface area contributed by atoms with Crippen molar-refractivity contribution < 1.29 is 14.7 Å². The summed E-state index contributed by atoms with van der Waals surface area (Å²) in [7, 11) is 0. The Kier molecular flexibility index (Phi) is 3.75. The molecule has 0 spiro atoms. The summed E-state index contributed by atoms with van der Waals surface area (Å²) in [5.41, 5.74) is 0. The largest absolute Gasteiger partial charge is 0.480 e. The van der Waals surface area contributed by atoms with Crippen LogP contribution in [0.4, 0.5) is 4.79 Å². The lowest BCUT2D eigenvalue weighted by Gasteiger charge is -2.30. The molecule has 5 nitrogen and oxygen atoms in total. The molecule has 2 aliphatic heterocycles. The average molecular weight is 272 g/mol. The van der Waals surface area contributed by atoms with E-state index >= 15 is 0 Å². The summed E-state index contributed by atoms with van der Waals surface area (Å²) in [6.45, 7) is 7.64. The Labute approximate surface area is 112 Å². The van der Waals surface area contributed by atoms with E-state index in [4.69, 9.17) is 0 Å². The maximum absolute atomic E-state index is 12.4. The maximum Gasteiger partial charge on any atom is 0.327 e. The molecule has 0 aromatic rings. The van der Waals surface area contributed by atoms with Crippen molar-refractivity contribution in [3.63, 3.8) is 0 Å². The minimum Gasteiger partial charge on any atom is -0.480 e. The van der Waals surface area contributed by atoms with Gasteiger partial charge in [0, 0.05) is 18.8 Å². The molecule has 0 bridgehead atoms. The van der Waals surface area contributed by atoms with Crippen LogP contribution in [0.25, 0.3) is 0 Å². The van der Waals surface area contributed by atoms with Gasteiger partial charge in [-0.3, -0.25) is 4.90 Å². The second-order valence-corrected chi connectivity index (χ2v) is 6.68. The van der Waals surface area contributed by atoms with Gasteiger partial charge in [0.25, 0.3) is 0 Å². The fraction of sp³-hybridized carbons (Fsp3) is 0.833. The normalized spacial score (nSPS) is 36.2. The van der Waals surface area contributed by atoms with Crippen LogP contribution in [0.2, 0.25) is 0 Å². The summed E-state index contributed by atoms with van der Waals surface area (Å²) in [6.07, 6.45) is 0. The first-order chi connectivity index (χ1) is 8.41. The molecule has 2 heterocycles. The predicted octanol–water partition coefficient (Wildman–Crippen LogP) is 1.54. The molecule has 102 valence electrons. The molecule has 6 heteroatoms. The van der Waals surface area contributed by atoms with Crippen LogP contribution in [0.15, 0.2) is 0 Å². The van der Waals surface area contributed by atoms with Crippen molar-refractivity contribution >= 4 is 23.8 Å². The van der Waals surface area contributed by atoms with Crippen molar-refractivity contribution in [1.29, 1.82) is 0 Å². The second kappa shape index (κ2) is 4.99. The molecule has 2 rings (SSSR count). The highest BCUT2D eigenvalue weighted by Gasteiger charge is 2.43. The number of hydrogen-bond acceptors (Lipinski definition) is 3. The number of carbonyl (C=O) groups is 2. The predicted molar refractivity (Wildman–Crippen MR) is 70.5 cm³/mol. The Morgan fingerprint density at radius 1 is 1.17 bits per heavy atom. The number of nitrogens with zero attached hydrogens (tertiary/aromatic N) is 2. The summed E-state index contributed by atoms with van der Waals surface area (Å²) in [5.74, 6) is 0.562. The molecular formula is C12H20N2O3S. The molecule has 4 atom stereocenters. The molecular weight excluding hydrogens is 252 g/mol. The van der Waals surface area contributed by atoms with E-state index in [1.807, 2.05) is 6.92 Å². The van der Waals surface area contributed by atoms with Gasteiger partial charge in [0.15, 0.2) is 0 Å². The number of amides is 2. The van der Waals surface area contributed by atoms with E-state index in [9.17, 15) is 14.7 Å². The van der Waals surface area contributed by atoms with Crippen molar-refractivity contribution in [3.05, 3.63) is 0 Å². The van der Waals surface area contributed by atoms with Crippen LogP contribution in [0, 0.1) is 11.8 Å². The Bertz CT molecular complexity index is 353. The van der Waals surface area contributed by atoms with E-state index in [1.165, 1.54) is 16.7 Å². The third-order valence-corrected chi connectivity index (χ3v) is 5.21. The summed E-state index contributed by atoms with van der Waals surface area (Å²) < 4.78 is 0. The molecule has 0 aromatic carbocycles. The van der Waals surface area contributed by atoms with Crippen molar-refractivity contribution in [3.8, 4) is 0 Å². The number of likely N-dealkylation sites (tertiary alicyclic amines) is 1. The van der Waals surface area contributed by atoms with E-state index in [2.05, 4.69) is 13.8 Å². The molecule has 2 aliphatic rings. The number of carboxylic acids is 1. The van der Waals surface area contributed by atoms with Gasteiger partial charge in [-0.05, 0) is 18.8 Å². The fourth-order valence-corrected chi connectivity index (χ4v) is 3.73. The molecule has 18 heavy (non-hydrogen) atoms. The summed E-state index contributed by atoms with van der Waals surface area (Å²) in [4.78, 5) is 26.9. The van der Waals surface area contributed by atoms with Gasteiger partial charge in [0.2, 0.25) is 0 Å². The molecule has 1 N–H and O–H groups in total. The summed E-state index contributed by atoms with van der Waals surface area (Å²) >= 11 is 1.53. The van der Waals surface area contributed by atoms with Gasteiger partial charge in [0.05, 0.1) is 5.37 Å².